The Morgan fingerprint density at radius 1 is 0.880 bits per heavy atom. The van der Waals surface area contributed by atoms with Crippen molar-refractivity contribution >= 4 is 17.9 Å². The van der Waals surface area contributed by atoms with Crippen LogP contribution < -0.4 is 0 Å². The van der Waals surface area contributed by atoms with Crippen LogP contribution in [0.3, 0.4) is 0 Å². The average molecular weight is 347 g/mol. The van der Waals surface area contributed by atoms with Crippen molar-refractivity contribution in [1.29, 1.82) is 5.26 Å². The number of ether oxygens (including phenoxy) is 3. The Balaban J connectivity index is 3.38. The fourth-order valence-corrected chi connectivity index (χ4v) is 2.23. The van der Waals surface area contributed by atoms with E-state index in [1.165, 1.54) is 12.1 Å². The van der Waals surface area contributed by atoms with Gasteiger partial charge >= 0.3 is 17.9 Å². The molecule has 0 N–H and O–H groups in total. The predicted molar refractivity (Wildman–Crippen MR) is 87.2 cm³/mol. The Morgan fingerprint density at radius 2 is 1.28 bits per heavy atom. The fraction of sp³-hybridized carbons (Fsp3) is 0.444. The Labute approximate surface area is 146 Å². The molecule has 0 saturated carbocycles. The summed E-state index contributed by atoms with van der Waals surface area (Å²) in [5.74, 6) is -3.05. The number of benzene rings is 1. The van der Waals surface area contributed by atoms with Crippen molar-refractivity contribution in [2.75, 3.05) is 19.8 Å². The predicted octanol–water partition coefficient (Wildman–Crippen LogP) is 1.78. The number of nitrogens with zero attached hydrogens (tertiary/aromatic N) is 1. The third-order valence-corrected chi connectivity index (χ3v) is 3.42. The minimum atomic E-state index is -2.24. The van der Waals surface area contributed by atoms with Gasteiger partial charge < -0.3 is 14.2 Å². The van der Waals surface area contributed by atoms with Gasteiger partial charge in [-0.2, -0.15) is 5.26 Å². The first-order chi connectivity index (χ1) is 12.0. The van der Waals surface area contributed by atoms with E-state index in [1.807, 2.05) is 6.07 Å². The minimum absolute atomic E-state index is 0.00718. The van der Waals surface area contributed by atoms with Crippen LogP contribution in [0.25, 0.3) is 0 Å². The van der Waals surface area contributed by atoms with Gasteiger partial charge in [0, 0.05) is 6.42 Å². The zero-order chi connectivity index (χ0) is 18.9. The average Bonchev–Trinajstić information content (AvgIpc) is 2.60. The number of hydrogen-bond donors (Lipinski definition) is 0. The van der Waals surface area contributed by atoms with Crippen molar-refractivity contribution < 1.29 is 28.6 Å². The molecule has 0 aliphatic rings. The highest BCUT2D eigenvalue weighted by Crippen LogP contribution is 2.29. The van der Waals surface area contributed by atoms with Crippen LogP contribution in [0.1, 0.15) is 31.9 Å². The van der Waals surface area contributed by atoms with Gasteiger partial charge in [0.1, 0.15) is 0 Å². The second-order valence-electron chi connectivity index (χ2n) is 5.05. The molecule has 0 aliphatic carbocycles. The van der Waals surface area contributed by atoms with Crippen molar-refractivity contribution in [3.63, 3.8) is 0 Å². The maximum absolute atomic E-state index is 12.5. The molecule has 0 aromatic heterocycles. The summed E-state index contributed by atoms with van der Waals surface area (Å²) in [6.07, 6.45) is -0.283. The third kappa shape index (κ3) is 4.57. The van der Waals surface area contributed by atoms with Crippen LogP contribution >= 0.6 is 0 Å². The molecule has 0 heterocycles. The van der Waals surface area contributed by atoms with Crippen molar-refractivity contribution in [1.82, 2.24) is 0 Å². The van der Waals surface area contributed by atoms with E-state index in [-0.39, 0.29) is 26.2 Å². The molecule has 7 nitrogen and oxygen atoms in total. The Morgan fingerprint density at radius 3 is 1.60 bits per heavy atom. The van der Waals surface area contributed by atoms with Gasteiger partial charge in [-0.1, -0.05) is 12.1 Å². The van der Waals surface area contributed by atoms with E-state index in [4.69, 9.17) is 19.5 Å². The molecule has 1 aromatic carbocycles. The smallest absolute Gasteiger partial charge is 0.335 e. The molecule has 0 bridgehead atoms. The molecule has 0 spiro atoms. The molecule has 1 aromatic rings. The summed E-state index contributed by atoms with van der Waals surface area (Å²) in [5.41, 5.74) is -1.33. The fourth-order valence-electron chi connectivity index (χ4n) is 2.23. The van der Waals surface area contributed by atoms with Gasteiger partial charge in [0.15, 0.2) is 0 Å². The molecule has 25 heavy (non-hydrogen) atoms. The quantitative estimate of drug-likeness (QED) is 0.401. The van der Waals surface area contributed by atoms with Crippen molar-refractivity contribution in [2.24, 2.45) is 5.41 Å². The van der Waals surface area contributed by atoms with Crippen LogP contribution in [-0.2, 0) is 35.0 Å². The highest BCUT2D eigenvalue weighted by molar-refractivity contribution is 6.18. The van der Waals surface area contributed by atoms with E-state index in [0.717, 1.165) is 0 Å². The lowest BCUT2D eigenvalue weighted by Gasteiger charge is -2.27. The topological polar surface area (TPSA) is 103 Å². The summed E-state index contributed by atoms with van der Waals surface area (Å²) in [5, 5.41) is 8.86. The SMILES string of the molecule is CCOC(=O)C(Cc1ccc(C#N)cc1)(C(=O)OCC)C(=O)OCC. The molecule has 1 rings (SSSR count). The van der Waals surface area contributed by atoms with E-state index < -0.39 is 23.3 Å². The largest absolute Gasteiger partial charge is 0.465 e. The van der Waals surface area contributed by atoms with E-state index in [2.05, 4.69) is 0 Å². The van der Waals surface area contributed by atoms with Crippen LogP contribution in [0.5, 0.6) is 0 Å². The Kier molecular flexibility index (Phi) is 7.60. The lowest BCUT2D eigenvalue weighted by atomic mass is 9.81. The standard InChI is InChI=1S/C18H21NO6/c1-4-23-15(20)18(16(21)24-5-2,17(22)25-6-3)11-13-7-9-14(12-19)10-8-13/h7-10H,4-6,11H2,1-3H3. The molecule has 0 fully saturated rings. The summed E-state index contributed by atoms with van der Waals surface area (Å²) < 4.78 is 14.9. The van der Waals surface area contributed by atoms with Crippen molar-refractivity contribution in [3.8, 4) is 6.07 Å². The van der Waals surface area contributed by atoms with Crippen molar-refractivity contribution in [3.05, 3.63) is 35.4 Å². The van der Waals surface area contributed by atoms with Gasteiger partial charge in [-0.15, -0.1) is 0 Å². The molecule has 0 atom stereocenters. The van der Waals surface area contributed by atoms with E-state index >= 15 is 0 Å². The van der Waals surface area contributed by atoms with Crippen LogP contribution in [0, 0.1) is 16.7 Å². The molecule has 134 valence electrons. The minimum Gasteiger partial charge on any atom is -0.465 e. The number of rotatable bonds is 8. The van der Waals surface area contributed by atoms with E-state index in [0.29, 0.717) is 11.1 Å². The van der Waals surface area contributed by atoms with Gasteiger partial charge in [-0.25, -0.2) is 0 Å². The van der Waals surface area contributed by atoms with Crippen LogP contribution in [-0.4, -0.2) is 37.7 Å². The number of esters is 3. The van der Waals surface area contributed by atoms with Crippen LogP contribution in [0.15, 0.2) is 24.3 Å². The molecule has 0 amide bonds. The molecule has 0 unspecified atom stereocenters. The number of hydrogen-bond acceptors (Lipinski definition) is 7. The Hall–Kier alpha value is -2.88. The highest BCUT2D eigenvalue weighted by Gasteiger charge is 2.57. The van der Waals surface area contributed by atoms with Crippen LogP contribution in [0.4, 0.5) is 0 Å². The molecule has 0 radical (unpaired) electrons. The second kappa shape index (κ2) is 9.42. The van der Waals surface area contributed by atoms with Gasteiger partial charge in [0.05, 0.1) is 31.5 Å². The Bertz CT molecular complexity index is 614. The second-order valence-corrected chi connectivity index (χ2v) is 5.05. The van der Waals surface area contributed by atoms with Gasteiger partial charge in [0.25, 0.3) is 5.41 Å². The number of carbonyl (C=O) groups is 3. The van der Waals surface area contributed by atoms with Gasteiger partial charge in [-0.3, -0.25) is 14.4 Å². The monoisotopic (exact) mass is 347 g/mol. The third-order valence-electron chi connectivity index (χ3n) is 3.42. The maximum Gasteiger partial charge on any atom is 0.335 e. The zero-order valence-corrected chi connectivity index (χ0v) is 14.5. The number of nitriles is 1. The summed E-state index contributed by atoms with van der Waals surface area (Å²) in [7, 11) is 0. The van der Waals surface area contributed by atoms with E-state index in [9.17, 15) is 14.4 Å². The normalized spacial score (nSPS) is 10.5. The molecule has 0 saturated heterocycles. The first-order valence-corrected chi connectivity index (χ1v) is 7.96. The zero-order valence-electron chi connectivity index (χ0n) is 14.5. The first-order valence-electron chi connectivity index (χ1n) is 7.96. The molecular formula is C18H21NO6. The van der Waals surface area contributed by atoms with Gasteiger partial charge in [-0.05, 0) is 38.5 Å². The molecule has 7 heteroatoms. The van der Waals surface area contributed by atoms with Crippen LogP contribution in [0.2, 0.25) is 0 Å². The highest BCUT2D eigenvalue weighted by atomic mass is 16.6. The summed E-state index contributed by atoms with van der Waals surface area (Å²) in [6.45, 7) is 4.69. The van der Waals surface area contributed by atoms with E-state index in [1.54, 1.807) is 32.9 Å². The molecular weight excluding hydrogens is 326 g/mol. The number of carbonyl (C=O) groups excluding carboxylic acids is 3. The summed E-state index contributed by atoms with van der Waals surface area (Å²) in [4.78, 5) is 37.6. The molecule has 0 aliphatic heterocycles. The van der Waals surface area contributed by atoms with Gasteiger partial charge in [0.2, 0.25) is 0 Å². The lowest BCUT2D eigenvalue weighted by Crippen LogP contribution is -2.51. The lowest BCUT2D eigenvalue weighted by molar-refractivity contribution is -0.183. The summed E-state index contributed by atoms with van der Waals surface area (Å²) >= 11 is 0. The van der Waals surface area contributed by atoms with Crippen molar-refractivity contribution in [2.45, 2.75) is 27.2 Å². The summed E-state index contributed by atoms with van der Waals surface area (Å²) in [6, 6.07) is 8.15. The first kappa shape index (κ1) is 20.2. The maximum atomic E-state index is 12.5.